The van der Waals surface area contributed by atoms with E-state index in [1.165, 1.54) is 4.88 Å². The minimum Gasteiger partial charge on any atom is -0.369 e. The molecule has 0 spiro atoms. The molecule has 6 heteroatoms. The molecule has 0 saturated heterocycles. The topological polar surface area (TPSA) is 76.4 Å². The highest BCUT2D eigenvalue weighted by Gasteiger charge is 1.96. The van der Waals surface area contributed by atoms with E-state index >= 15 is 0 Å². The van der Waals surface area contributed by atoms with Crippen molar-refractivity contribution in [3.8, 4) is 0 Å². The van der Waals surface area contributed by atoms with Gasteiger partial charge in [0.25, 0.3) is 0 Å². The molecule has 0 bridgehead atoms. The van der Waals surface area contributed by atoms with E-state index in [4.69, 9.17) is 11.6 Å². The van der Waals surface area contributed by atoms with Gasteiger partial charge in [-0.05, 0) is 28.1 Å². The maximum Gasteiger partial charge on any atom is 0.203 e. The molecule has 0 saturated carbocycles. The monoisotopic (exact) mass is 262 g/mol. The quantitative estimate of drug-likeness (QED) is 0.327. The molecule has 72 valence electrons. The number of guanidine groups is 1. The first-order valence-corrected chi connectivity index (χ1v) is 5.34. The van der Waals surface area contributed by atoms with Crippen LogP contribution in [0.25, 0.3) is 0 Å². The van der Waals surface area contributed by atoms with Crippen LogP contribution < -0.4 is 17.0 Å². The maximum absolute atomic E-state index is 5.35. The highest BCUT2D eigenvalue weighted by Crippen LogP contribution is 2.22. The van der Waals surface area contributed by atoms with Crippen LogP contribution >= 0.6 is 27.3 Å². The van der Waals surface area contributed by atoms with Gasteiger partial charge in [-0.25, -0.2) is 5.84 Å². The number of halogens is 1. The second-order valence-corrected chi connectivity index (χ2v) is 4.91. The predicted molar refractivity (Wildman–Crippen MR) is 59.5 cm³/mol. The Labute approximate surface area is 89.1 Å². The number of nitrogens with two attached hydrogens (primary N) is 2. The van der Waals surface area contributed by atoms with Crippen molar-refractivity contribution in [2.45, 2.75) is 6.42 Å². The molecular formula is C7H11BrN4S. The lowest BCUT2D eigenvalue weighted by molar-refractivity contribution is 0.933. The first-order chi connectivity index (χ1) is 6.22. The number of hydrogen-bond acceptors (Lipinski definition) is 3. The van der Waals surface area contributed by atoms with Gasteiger partial charge in [0.2, 0.25) is 5.96 Å². The zero-order chi connectivity index (χ0) is 9.68. The Morgan fingerprint density at radius 3 is 2.92 bits per heavy atom. The summed E-state index contributed by atoms with van der Waals surface area (Å²) in [5, 5.41) is 0. The molecule has 1 rings (SSSR count). The molecule has 0 atom stereocenters. The number of thiophene rings is 1. The van der Waals surface area contributed by atoms with Gasteiger partial charge >= 0.3 is 0 Å². The zero-order valence-electron chi connectivity index (χ0n) is 6.96. The minimum atomic E-state index is 0.274. The predicted octanol–water partition coefficient (Wildman–Crippen LogP) is 0.831. The highest BCUT2D eigenvalue weighted by atomic mass is 79.9. The van der Waals surface area contributed by atoms with Crippen molar-refractivity contribution in [1.82, 2.24) is 5.43 Å². The largest absolute Gasteiger partial charge is 0.369 e. The lowest BCUT2D eigenvalue weighted by atomic mass is 10.3. The second kappa shape index (κ2) is 5.21. The van der Waals surface area contributed by atoms with E-state index in [0.29, 0.717) is 6.54 Å². The standard InChI is InChI=1S/C7H11BrN4S/c8-6-2-1-5(13-6)3-4-11-7(9)12-10/h1-2H,3-4,10H2,(H3,9,11,12). The molecule has 0 aliphatic rings. The number of hydrazine groups is 1. The van der Waals surface area contributed by atoms with Crippen LogP contribution in [0.15, 0.2) is 20.9 Å². The first-order valence-electron chi connectivity index (χ1n) is 3.73. The Morgan fingerprint density at radius 2 is 2.38 bits per heavy atom. The SMILES string of the molecule is NNC(N)=NCCc1ccc(Br)s1. The van der Waals surface area contributed by atoms with E-state index in [0.717, 1.165) is 10.2 Å². The van der Waals surface area contributed by atoms with E-state index in [2.05, 4.69) is 32.4 Å². The van der Waals surface area contributed by atoms with Gasteiger partial charge in [-0.1, -0.05) is 0 Å². The van der Waals surface area contributed by atoms with Crippen molar-refractivity contribution in [1.29, 1.82) is 0 Å². The fourth-order valence-electron chi connectivity index (χ4n) is 0.818. The minimum absolute atomic E-state index is 0.274. The molecule has 0 fully saturated rings. The van der Waals surface area contributed by atoms with Crippen molar-refractivity contribution in [2.24, 2.45) is 16.6 Å². The molecule has 0 unspecified atom stereocenters. The number of aliphatic imine (C=N–C) groups is 1. The van der Waals surface area contributed by atoms with Gasteiger partial charge in [0.05, 0.1) is 3.79 Å². The fraction of sp³-hybridized carbons (Fsp3) is 0.286. The summed E-state index contributed by atoms with van der Waals surface area (Å²) in [6.07, 6.45) is 0.888. The third-order valence-electron chi connectivity index (χ3n) is 1.42. The van der Waals surface area contributed by atoms with Crippen LogP contribution in [0, 0.1) is 0 Å². The molecule has 1 aromatic rings. The summed E-state index contributed by atoms with van der Waals surface area (Å²) < 4.78 is 1.14. The molecule has 0 aliphatic heterocycles. The summed E-state index contributed by atoms with van der Waals surface area (Å²) in [5.41, 5.74) is 7.63. The van der Waals surface area contributed by atoms with Crippen LogP contribution in [-0.4, -0.2) is 12.5 Å². The average Bonchev–Trinajstić information content (AvgIpc) is 2.51. The van der Waals surface area contributed by atoms with Crippen LogP contribution in [-0.2, 0) is 6.42 Å². The van der Waals surface area contributed by atoms with Gasteiger partial charge < -0.3 is 5.73 Å². The average molecular weight is 263 g/mol. The Bertz CT molecular complexity index is 296. The Kier molecular flexibility index (Phi) is 4.20. The van der Waals surface area contributed by atoms with Crippen LogP contribution in [0.1, 0.15) is 4.88 Å². The number of nitrogens with zero attached hydrogens (tertiary/aromatic N) is 1. The zero-order valence-corrected chi connectivity index (χ0v) is 9.36. The lowest BCUT2D eigenvalue weighted by Crippen LogP contribution is -2.37. The maximum atomic E-state index is 5.35. The van der Waals surface area contributed by atoms with Gasteiger partial charge in [-0.15, -0.1) is 11.3 Å². The molecule has 0 amide bonds. The van der Waals surface area contributed by atoms with E-state index in [1.54, 1.807) is 11.3 Å². The van der Waals surface area contributed by atoms with Gasteiger partial charge in [-0.2, -0.15) is 0 Å². The van der Waals surface area contributed by atoms with Crippen molar-refractivity contribution in [3.63, 3.8) is 0 Å². The summed E-state index contributed by atoms with van der Waals surface area (Å²) >= 11 is 5.09. The molecule has 0 aliphatic carbocycles. The van der Waals surface area contributed by atoms with Crippen molar-refractivity contribution >= 4 is 33.2 Å². The molecule has 5 N–H and O–H groups in total. The molecule has 0 aromatic carbocycles. The number of nitrogens with one attached hydrogen (secondary N) is 1. The third-order valence-corrected chi connectivity index (χ3v) is 3.10. The summed E-state index contributed by atoms with van der Waals surface area (Å²) in [4.78, 5) is 5.28. The van der Waals surface area contributed by atoms with Gasteiger partial charge in [0.15, 0.2) is 0 Å². The molecule has 0 radical (unpaired) electrons. The fourth-order valence-corrected chi connectivity index (χ4v) is 2.29. The smallest absolute Gasteiger partial charge is 0.203 e. The molecule has 4 nitrogen and oxygen atoms in total. The summed E-state index contributed by atoms with van der Waals surface area (Å²) in [6.45, 7) is 0.656. The van der Waals surface area contributed by atoms with Gasteiger partial charge in [0.1, 0.15) is 0 Å². The summed E-state index contributed by atoms with van der Waals surface area (Å²) in [7, 11) is 0. The Morgan fingerprint density at radius 1 is 1.62 bits per heavy atom. The normalized spacial score (nSPS) is 11.7. The third kappa shape index (κ3) is 3.75. The number of rotatable bonds is 3. The lowest BCUT2D eigenvalue weighted by Gasteiger charge is -1.96. The van der Waals surface area contributed by atoms with Crippen LogP contribution in [0.2, 0.25) is 0 Å². The van der Waals surface area contributed by atoms with E-state index in [9.17, 15) is 0 Å². The Hall–Kier alpha value is -0.590. The van der Waals surface area contributed by atoms with E-state index in [-0.39, 0.29) is 5.96 Å². The van der Waals surface area contributed by atoms with E-state index in [1.807, 2.05) is 6.07 Å². The molecular weight excluding hydrogens is 252 g/mol. The summed E-state index contributed by atoms with van der Waals surface area (Å²) in [6, 6.07) is 4.09. The molecule has 13 heavy (non-hydrogen) atoms. The van der Waals surface area contributed by atoms with Crippen molar-refractivity contribution in [2.75, 3.05) is 6.54 Å². The van der Waals surface area contributed by atoms with Crippen molar-refractivity contribution in [3.05, 3.63) is 20.8 Å². The van der Waals surface area contributed by atoms with Crippen LogP contribution in [0.5, 0.6) is 0 Å². The Balaban J connectivity index is 2.35. The summed E-state index contributed by atoms with van der Waals surface area (Å²) in [5.74, 6) is 5.32. The number of hydrogen-bond donors (Lipinski definition) is 3. The first kappa shape index (κ1) is 10.5. The van der Waals surface area contributed by atoms with Crippen LogP contribution in [0.4, 0.5) is 0 Å². The van der Waals surface area contributed by atoms with E-state index < -0.39 is 0 Å². The van der Waals surface area contributed by atoms with Crippen molar-refractivity contribution < 1.29 is 0 Å². The highest BCUT2D eigenvalue weighted by molar-refractivity contribution is 9.11. The second-order valence-electron chi connectivity index (χ2n) is 2.37. The molecule has 1 aromatic heterocycles. The van der Waals surface area contributed by atoms with Gasteiger partial charge in [0, 0.05) is 17.8 Å². The molecule has 1 heterocycles. The van der Waals surface area contributed by atoms with Crippen LogP contribution in [0.3, 0.4) is 0 Å². The van der Waals surface area contributed by atoms with Gasteiger partial charge in [-0.3, -0.25) is 10.4 Å².